The fraction of sp³-hybridized carbons (Fsp3) is 0.571. The summed E-state index contributed by atoms with van der Waals surface area (Å²) in [6, 6.07) is 4.46. The van der Waals surface area contributed by atoms with Gasteiger partial charge in [0.25, 0.3) is 5.91 Å². The van der Waals surface area contributed by atoms with Crippen LogP contribution in [0.2, 0.25) is 0 Å². The number of carbonyl (C=O) groups excluding carboxylic acids is 1. The van der Waals surface area contributed by atoms with Crippen LogP contribution in [-0.2, 0) is 0 Å². The third kappa shape index (κ3) is 3.23. The van der Waals surface area contributed by atoms with E-state index in [0.717, 1.165) is 18.5 Å². The van der Waals surface area contributed by atoms with Crippen molar-refractivity contribution < 1.29 is 4.79 Å². The summed E-state index contributed by atoms with van der Waals surface area (Å²) >= 11 is 0. The van der Waals surface area contributed by atoms with E-state index in [9.17, 15) is 4.79 Å². The fourth-order valence-electron chi connectivity index (χ4n) is 2.33. The number of nitrogens with two attached hydrogens (primary N) is 1. The third-order valence-corrected chi connectivity index (χ3v) is 3.58. The van der Waals surface area contributed by atoms with E-state index in [2.05, 4.69) is 10.3 Å². The summed E-state index contributed by atoms with van der Waals surface area (Å²) < 4.78 is 0. The first kappa shape index (κ1) is 13.8. The van der Waals surface area contributed by atoms with Gasteiger partial charge in [-0.05, 0) is 38.8 Å². The van der Waals surface area contributed by atoms with Gasteiger partial charge in [-0.15, -0.1) is 0 Å². The minimum absolute atomic E-state index is 0.0149. The predicted molar refractivity (Wildman–Crippen MR) is 76.1 cm³/mol. The number of hydrogen-bond donors (Lipinski definition) is 2. The molecule has 5 heteroatoms. The number of rotatable bonds is 5. The third-order valence-electron chi connectivity index (χ3n) is 3.58. The van der Waals surface area contributed by atoms with Gasteiger partial charge in [0.15, 0.2) is 0 Å². The van der Waals surface area contributed by atoms with Crippen molar-refractivity contribution in [1.29, 1.82) is 0 Å². The van der Waals surface area contributed by atoms with Crippen LogP contribution in [0.15, 0.2) is 18.3 Å². The number of amides is 1. The maximum atomic E-state index is 12.2. The number of aromatic nitrogens is 1. The van der Waals surface area contributed by atoms with E-state index in [1.54, 1.807) is 11.1 Å². The van der Waals surface area contributed by atoms with Crippen LogP contribution in [0.1, 0.15) is 37.2 Å². The molecule has 5 nitrogen and oxygen atoms in total. The highest BCUT2D eigenvalue weighted by molar-refractivity contribution is 5.93. The van der Waals surface area contributed by atoms with Crippen LogP contribution >= 0.6 is 0 Å². The molecule has 1 aromatic heterocycles. The molecule has 0 radical (unpaired) electrons. The van der Waals surface area contributed by atoms with Crippen molar-refractivity contribution in [2.75, 3.05) is 18.4 Å². The highest BCUT2D eigenvalue weighted by Crippen LogP contribution is 2.22. The second-order valence-corrected chi connectivity index (χ2v) is 4.98. The zero-order valence-corrected chi connectivity index (χ0v) is 11.6. The molecule has 0 unspecified atom stereocenters. The minimum atomic E-state index is -0.0149. The SMILES string of the molecule is CCN(CC)C(=O)c1cc(NC2CC(N)C2)ccn1. The molecule has 1 heterocycles. The van der Waals surface area contributed by atoms with E-state index < -0.39 is 0 Å². The Labute approximate surface area is 114 Å². The van der Waals surface area contributed by atoms with Gasteiger partial charge in [-0.25, -0.2) is 0 Å². The number of carbonyl (C=O) groups is 1. The maximum Gasteiger partial charge on any atom is 0.272 e. The van der Waals surface area contributed by atoms with Crippen molar-refractivity contribution in [2.24, 2.45) is 5.73 Å². The van der Waals surface area contributed by atoms with Gasteiger partial charge in [-0.3, -0.25) is 9.78 Å². The zero-order chi connectivity index (χ0) is 13.8. The van der Waals surface area contributed by atoms with Crippen LogP contribution in [0.25, 0.3) is 0 Å². The molecule has 1 aromatic rings. The summed E-state index contributed by atoms with van der Waals surface area (Å²) in [4.78, 5) is 18.1. The first-order valence-corrected chi connectivity index (χ1v) is 6.91. The standard InChI is InChI=1S/C14H22N4O/c1-3-18(4-2)14(19)13-9-11(5-6-16-13)17-12-7-10(15)8-12/h5-6,9-10,12H,3-4,7-8,15H2,1-2H3,(H,16,17). The summed E-state index contributed by atoms with van der Waals surface area (Å²) in [5.74, 6) is -0.0149. The molecule has 0 aromatic carbocycles. The normalized spacial score (nSPS) is 21.6. The van der Waals surface area contributed by atoms with Gasteiger partial charge in [0.1, 0.15) is 5.69 Å². The van der Waals surface area contributed by atoms with Gasteiger partial charge in [-0.1, -0.05) is 0 Å². The second-order valence-electron chi connectivity index (χ2n) is 4.98. The quantitative estimate of drug-likeness (QED) is 0.843. The van der Waals surface area contributed by atoms with E-state index in [4.69, 9.17) is 5.73 Å². The lowest BCUT2D eigenvalue weighted by Crippen LogP contribution is -2.44. The topological polar surface area (TPSA) is 71.2 Å². The Morgan fingerprint density at radius 3 is 2.74 bits per heavy atom. The lowest BCUT2D eigenvalue weighted by molar-refractivity contribution is 0.0767. The molecule has 0 atom stereocenters. The molecule has 104 valence electrons. The molecule has 3 N–H and O–H groups in total. The van der Waals surface area contributed by atoms with Crippen LogP contribution in [-0.4, -0.2) is 41.0 Å². The molecule has 19 heavy (non-hydrogen) atoms. The number of pyridine rings is 1. The van der Waals surface area contributed by atoms with E-state index in [-0.39, 0.29) is 5.91 Å². The Morgan fingerprint density at radius 2 is 2.16 bits per heavy atom. The van der Waals surface area contributed by atoms with Crippen LogP contribution in [0.5, 0.6) is 0 Å². The van der Waals surface area contributed by atoms with E-state index in [0.29, 0.717) is 30.9 Å². The number of hydrogen-bond acceptors (Lipinski definition) is 4. The minimum Gasteiger partial charge on any atom is -0.382 e. The summed E-state index contributed by atoms with van der Waals surface area (Å²) in [5.41, 5.74) is 7.21. The zero-order valence-electron chi connectivity index (χ0n) is 11.6. The molecule has 0 saturated heterocycles. The largest absolute Gasteiger partial charge is 0.382 e. The molecule has 1 saturated carbocycles. The Hall–Kier alpha value is -1.62. The van der Waals surface area contributed by atoms with Crippen LogP contribution in [0.3, 0.4) is 0 Å². The number of nitrogens with one attached hydrogen (secondary N) is 1. The van der Waals surface area contributed by atoms with Gasteiger partial charge in [0.2, 0.25) is 0 Å². The molecular weight excluding hydrogens is 240 g/mol. The van der Waals surface area contributed by atoms with Crippen LogP contribution < -0.4 is 11.1 Å². The van der Waals surface area contributed by atoms with Gasteiger partial charge in [0, 0.05) is 37.1 Å². The molecule has 1 aliphatic rings. The highest BCUT2D eigenvalue weighted by Gasteiger charge is 2.25. The summed E-state index contributed by atoms with van der Waals surface area (Å²) in [6.45, 7) is 5.34. The predicted octanol–water partition coefficient (Wildman–Crippen LogP) is 1.47. The number of anilines is 1. The molecule has 0 spiro atoms. The Bertz CT molecular complexity index is 439. The first-order valence-electron chi connectivity index (χ1n) is 6.91. The van der Waals surface area contributed by atoms with Crippen molar-refractivity contribution in [2.45, 2.75) is 38.8 Å². The molecule has 0 aliphatic heterocycles. The lowest BCUT2D eigenvalue weighted by atomic mass is 9.87. The smallest absolute Gasteiger partial charge is 0.272 e. The molecule has 2 rings (SSSR count). The summed E-state index contributed by atoms with van der Waals surface area (Å²) in [7, 11) is 0. The monoisotopic (exact) mass is 262 g/mol. The average Bonchev–Trinajstić information content (AvgIpc) is 2.38. The molecule has 1 fully saturated rings. The average molecular weight is 262 g/mol. The van der Waals surface area contributed by atoms with Crippen molar-refractivity contribution in [3.05, 3.63) is 24.0 Å². The van der Waals surface area contributed by atoms with Crippen LogP contribution in [0, 0.1) is 0 Å². The Morgan fingerprint density at radius 1 is 1.47 bits per heavy atom. The van der Waals surface area contributed by atoms with Gasteiger partial charge >= 0.3 is 0 Å². The molecular formula is C14H22N4O. The van der Waals surface area contributed by atoms with E-state index in [1.165, 1.54) is 0 Å². The van der Waals surface area contributed by atoms with Crippen molar-refractivity contribution in [3.63, 3.8) is 0 Å². The van der Waals surface area contributed by atoms with Crippen LogP contribution in [0.4, 0.5) is 5.69 Å². The molecule has 1 aliphatic carbocycles. The van der Waals surface area contributed by atoms with E-state index >= 15 is 0 Å². The highest BCUT2D eigenvalue weighted by atomic mass is 16.2. The van der Waals surface area contributed by atoms with Crippen molar-refractivity contribution in [3.8, 4) is 0 Å². The number of nitrogens with zero attached hydrogens (tertiary/aromatic N) is 2. The van der Waals surface area contributed by atoms with Gasteiger partial charge in [0.05, 0.1) is 0 Å². The molecule has 1 amide bonds. The fourth-order valence-corrected chi connectivity index (χ4v) is 2.33. The Kier molecular flexibility index (Phi) is 4.37. The van der Waals surface area contributed by atoms with E-state index in [1.807, 2.05) is 26.0 Å². The van der Waals surface area contributed by atoms with Gasteiger partial charge < -0.3 is 16.0 Å². The second kappa shape index (κ2) is 6.02. The summed E-state index contributed by atoms with van der Waals surface area (Å²) in [5, 5.41) is 3.39. The Balaban J connectivity index is 2.04. The first-order chi connectivity index (χ1) is 9.13. The maximum absolute atomic E-state index is 12.2. The summed E-state index contributed by atoms with van der Waals surface area (Å²) in [6.07, 6.45) is 3.65. The molecule has 0 bridgehead atoms. The van der Waals surface area contributed by atoms with Crippen molar-refractivity contribution >= 4 is 11.6 Å². The lowest BCUT2D eigenvalue weighted by Gasteiger charge is -2.33. The van der Waals surface area contributed by atoms with Gasteiger partial charge in [-0.2, -0.15) is 0 Å². The van der Waals surface area contributed by atoms with Crippen molar-refractivity contribution in [1.82, 2.24) is 9.88 Å².